The molecule has 1 unspecified atom stereocenters. The third-order valence-electron chi connectivity index (χ3n) is 6.45. The molecule has 0 radical (unpaired) electrons. The summed E-state index contributed by atoms with van der Waals surface area (Å²) in [5.74, 6) is -0.876. The van der Waals surface area contributed by atoms with Crippen molar-refractivity contribution >= 4 is 12.0 Å². The second kappa shape index (κ2) is 9.55. The molecule has 0 aromatic heterocycles. The van der Waals surface area contributed by atoms with Gasteiger partial charge < -0.3 is 5.11 Å². The van der Waals surface area contributed by atoms with Crippen LogP contribution in [0.3, 0.4) is 0 Å². The lowest BCUT2D eigenvalue weighted by Crippen LogP contribution is -2.28. The van der Waals surface area contributed by atoms with Gasteiger partial charge in [-0.3, -0.25) is 4.79 Å². The predicted octanol–water partition coefficient (Wildman–Crippen LogP) is 7.03. The number of aryl methyl sites for hydroxylation is 1. The van der Waals surface area contributed by atoms with Gasteiger partial charge in [-0.2, -0.15) is 0 Å². The van der Waals surface area contributed by atoms with E-state index in [2.05, 4.69) is 18.7 Å². The first-order valence-electron chi connectivity index (χ1n) is 10.7. The molecule has 0 amide bonds. The summed E-state index contributed by atoms with van der Waals surface area (Å²) in [6.45, 7) is 5.62. The summed E-state index contributed by atoms with van der Waals surface area (Å²) in [5, 5.41) is 9.00. The molecule has 1 fully saturated rings. The molecule has 2 aromatic carbocycles. The van der Waals surface area contributed by atoms with Gasteiger partial charge in [-0.1, -0.05) is 49.9 Å². The molecule has 0 aliphatic heterocycles. The first kappa shape index (κ1) is 22.2. The van der Waals surface area contributed by atoms with Gasteiger partial charge in [0.1, 0.15) is 11.5 Å². The molecule has 0 bridgehead atoms. The summed E-state index contributed by atoms with van der Waals surface area (Å²) in [5.41, 5.74) is 1.53. The van der Waals surface area contributed by atoms with Crippen LogP contribution in [0.4, 0.5) is 8.78 Å². The Kier molecular flexibility index (Phi) is 7.06. The Morgan fingerprint density at radius 2 is 2.00 bits per heavy atom. The molecule has 1 aliphatic carbocycles. The van der Waals surface area contributed by atoms with E-state index in [0.29, 0.717) is 18.8 Å². The zero-order chi connectivity index (χ0) is 21.7. The maximum Gasteiger partial charge on any atom is 0.303 e. The van der Waals surface area contributed by atoms with Crippen LogP contribution >= 0.6 is 0 Å². The number of aliphatic carboxylic acids is 1. The maximum atomic E-state index is 15.5. The molecule has 4 heteroatoms. The molecule has 1 atom stereocenters. The Balaban J connectivity index is 1.58. The van der Waals surface area contributed by atoms with E-state index in [-0.39, 0.29) is 17.9 Å². The molecule has 1 aliphatic rings. The van der Waals surface area contributed by atoms with E-state index < -0.39 is 17.5 Å². The van der Waals surface area contributed by atoms with Crippen molar-refractivity contribution in [2.75, 3.05) is 0 Å². The molecule has 2 aromatic rings. The van der Waals surface area contributed by atoms with Gasteiger partial charge in [0.25, 0.3) is 0 Å². The average Bonchev–Trinajstić information content (AvgIpc) is 2.73. The molecule has 0 spiro atoms. The van der Waals surface area contributed by atoms with Gasteiger partial charge >= 0.3 is 5.97 Å². The number of hydrogen-bond donors (Lipinski definition) is 1. The molecule has 0 heterocycles. The van der Waals surface area contributed by atoms with Gasteiger partial charge in [-0.15, -0.1) is 0 Å². The normalized spacial score (nSPS) is 22.4. The molecule has 1 N–H and O–H groups in total. The monoisotopic (exact) mass is 412 g/mol. The summed E-state index contributed by atoms with van der Waals surface area (Å²) < 4.78 is 29.8. The molecule has 3 rings (SSSR count). The summed E-state index contributed by atoms with van der Waals surface area (Å²) in [6.07, 6.45) is 5.74. The van der Waals surface area contributed by atoms with Gasteiger partial charge in [0.2, 0.25) is 0 Å². The van der Waals surface area contributed by atoms with Crippen LogP contribution in [0.25, 0.3) is 6.08 Å². The highest BCUT2D eigenvalue weighted by Gasteiger charge is 2.38. The van der Waals surface area contributed by atoms with Crippen molar-refractivity contribution in [1.82, 2.24) is 0 Å². The number of hydrogen-bond acceptors (Lipinski definition) is 1. The van der Waals surface area contributed by atoms with E-state index in [4.69, 9.17) is 5.11 Å². The third kappa shape index (κ3) is 5.35. The standard InChI is InChI=1S/C26H30F2O2/c1-3-19-9-10-24(27)23(17-19)26(28)13-11-20(12-14-26)7-8-21-5-4-6-22(16-21)18(2)15-25(29)30/h3-6,9-10,16-18,20H,1,7-8,11-15H2,2H3,(H,29,30). The number of benzene rings is 2. The Bertz CT molecular complexity index is 898. The second-order valence-corrected chi connectivity index (χ2v) is 8.63. The maximum absolute atomic E-state index is 15.5. The number of rotatable bonds is 8. The number of halogens is 2. The average molecular weight is 413 g/mol. The molecular weight excluding hydrogens is 382 g/mol. The summed E-state index contributed by atoms with van der Waals surface area (Å²) in [7, 11) is 0. The highest BCUT2D eigenvalue weighted by Crippen LogP contribution is 2.45. The highest BCUT2D eigenvalue weighted by atomic mass is 19.1. The summed E-state index contributed by atoms with van der Waals surface area (Å²) in [4.78, 5) is 11.0. The van der Waals surface area contributed by atoms with E-state index in [0.717, 1.165) is 36.8 Å². The van der Waals surface area contributed by atoms with Crippen molar-refractivity contribution in [2.24, 2.45) is 5.92 Å². The van der Waals surface area contributed by atoms with Crippen molar-refractivity contribution in [1.29, 1.82) is 0 Å². The third-order valence-corrected chi connectivity index (χ3v) is 6.45. The van der Waals surface area contributed by atoms with Crippen LogP contribution in [-0.4, -0.2) is 11.1 Å². The van der Waals surface area contributed by atoms with Crippen LogP contribution in [0.15, 0.2) is 49.0 Å². The van der Waals surface area contributed by atoms with E-state index in [9.17, 15) is 9.18 Å². The topological polar surface area (TPSA) is 37.3 Å². The number of carboxylic acid groups (broad SMARTS) is 1. The van der Waals surface area contributed by atoms with Crippen LogP contribution < -0.4 is 0 Å². The Hall–Kier alpha value is -2.49. The summed E-state index contributed by atoms with van der Waals surface area (Å²) in [6, 6.07) is 12.6. The van der Waals surface area contributed by atoms with Crippen molar-refractivity contribution in [3.63, 3.8) is 0 Å². The van der Waals surface area contributed by atoms with E-state index in [1.165, 1.54) is 11.6 Å². The van der Waals surface area contributed by atoms with Crippen molar-refractivity contribution < 1.29 is 18.7 Å². The van der Waals surface area contributed by atoms with Crippen LogP contribution in [-0.2, 0) is 16.9 Å². The lowest BCUT2D eigenvalue weighted by atomic mass is 9.74. The molecule has 30 heavy (non-hydrogen) atoms. The summed E-state index contributed by atoms with van der Waals surface area (Å²) >= 11 is 0. The Morgan fingerprint density at radius 1 is 1.27 bits per heavy atom. The predicted molar refractivity (Wildman–Crippen MR) is 117 cm³/mol. The lowest BCUT2D eigenvalue weighted by Gasteiger charge is -2.34. The minimum absolute atomic E-state index is 0.0227. The minimum atomic E-state index is -1.61. The van der Waals surface area contributed by atoms with Gasteiger partial charge in [0.05, 0.1) is 6.42 Å². The van der Waals surface area contributed by atoms with E-state index in [1.54, 1.807) is 18.2 Å². The van der Waals surface area contributed by atoms with Crippen LogP contribution in [0, 0.1) is 11.7 Å². The van der Waals surface area contributed by atoms with Gasteiger partial charge in [-0.05, 0) is 79.2 Å². The van der Waals surface area contributed by atoms with Crippen LogP contribution in [0.5, 0.6) is 0 Å². The molecular formula is C26H30F2O2. The number of alkyl halides is 1. The SMILES string of the molecule is C=Cc1ccc(F)c(C2(F)CCC(CCc3cccc(C(C)CC(=O)O)c3)CC2)c1. The fourth-order valence-corrected chi connectivity index (χ4v) is 4.51. The van der Waals surface area contributed by atoms with Crippen molar-refractivity contribution in [3.8, 4) is 0 Å². The molecule has 160 valence electrons. The Labute approximate surface area is 177 Å². The first-order valence-corrected chi connectivity index (χ1v) is 10.7. The Morgan fingerprint density at radius 3 is 2.67 bits per heavy atom. The highest BCUT2D eigenvalue weighted by molar-refractivity contribution is 5.68. The molecule has 2 nitrogen and oxygen atoms in total. The largest absolute Gasteiger partial charge is 0.481 e. The zero-order valence-electron chi connectivity index (χ0n) is 17.5. The van der Waals surface area contributed by atoms with Crippen molar-refractivity contribution in [2.45, 2.75) is 63.5 Å². The molecule has 1 saturated carbocycles. The molecule has 0 saturated heterocycles. The van der Waals surface area contributed by atoms with Gasteiger partial charge in [-0.25, -0.2) is 8.78 Å². The van der Waals surface area contributed by atoms with Gasteiger partial charge in [0, 0.05) is 5.56 Å². The van der Waals surface area contributed by atoms with Gasteiger partial charge in [0.15, 0.2) is 0 Å². The first-order chi connectivity index (χ1) is 14.3. The second-order valence-electron chi connectivity index (χ2n) is 8.63. The van der Waals surface area contributed by atoms with E-state index in [1.807, 2.05) is 19.1 Å². The van der Waals surface area contributed by atoms with Crippen molar-refractivity contribution in [3.05, 3.63) is 77.1 Å². The van der Waals surface area contributed by atoms with E-state index >= 15 is 4.39 Å². The fraction of sp³-hybridized carbons (Fsp3) is 0.423. The smallest absolute Gasteiger partial charge is 0.303 e. The lowest BCUT2D eigenvalue weighted by molar-refractivity contribution is -0.137. The number of carbonyl (C=O) groups is 1. The minimum Gasteiger partial charge on any atom is -0.481 e. The van der Waals surface area contributed by atoms with Crippen LogP contribution in [0.2, 0.25) is 0 Å². The quantitative estimate of drug-likeness (QED) is 0.505. The number of carboxylic acids is 1. The zero-order valence-corrected chi connectivity index (χ0v) is 17.5. The fourth-order valence-electron chi connectivity index (χ4n) is 4.51. The van der Waals surface area contributed by atoms with Crippen LogP contribution in [0.1, 0.15) is 73.6 Å².